The average Bonchev–Trinajstić information content (AvgIpc) is 3.07. The molecular formula is C19H27N3O3. The summed E-state index contributed by atoms with van der Waals surface area (Å²) in [5, 5.41) is 10.5. The minimum Gasteiger partial charge on any atom is -0.440 e. The number of benzene rings is 1. The van der Waals surface area contributed by atoms with Gasteiger partial charge in [0, 0.05) is 38.6 Å². The summed E-state index contributed by atoms with van der Waals surface area (Å²) < 4.78 is 11.3. The number of β-amino-alcohol motifs (C(OH)–C–C–N with tert-alkyl or cyclic N) is 1. The third kappa shape index (κ3) is 4.20. The molecule has 0 radical (unpaired) electrons. The van der Waals surface area contributed by atoms with Gasteiger partial charge in [0.05, 0.1) is 19.3 Å². The lowest BCUT2D eigenvalue weighted by molar-refractivity contribution is 0.00451. The SMILES string of the molecule is OC(CN1CCOCC1)CN1CCCC(c2nc3ccccc3o2)C1. The molecule has 4 rings (SSSR count). The van der Waals surface area contributed by atoms with Crippen LogP contribution in [0, 0.1) is 0 Å². The van der Waals surface area contributed by atoms with E-state index in [1.807, 2.05) is 24.3 Å². The first kappa shape index (κ1) is 17.0. The second-order valence-electron chi connectivity index (χ2n) is 7.19. The van der Waals surface area contributed by atoms with Crippen molar-refractivity contribution in [3.8, 4) is 0 Å². The lowest BCUT2D eigenvalue weighted by Gasteiger charge is -2.34. The quantitative estimate of drug-likeness (QED) is 0.890. The van der Waals surface area contributed by atoms with E-state index in [0.717, 1.165) is 75.8 Å². The number of aliphatic hydroxyl groups excluding tert-OH is 1. The van der Waals surface area contributed by atoms with Gasteiger partial charge in [-0.25, -0.2) is 4.98 Å². The fraction of sp³-hybridized carbons (Fsp3) is 0.632. The number of aromatic nitrogens is 1. The zero-order valence-corrected chi connectivity index (χ0v) is 14.6. The minimum absolute atomic E-state index is 0.316. The molecule has 2 aliphatic heterocycles. The smallest absolute Gasteiger partial charge is 0.199 e. The van der Waals surface area contributed by atoms with Gasteiger partial charge in [-0.1, -0.05) is 12.1 Å². The minimum atomic E-state index is -0.319. The second-order valence-corrected chi connectivity index (χ2v) is 7.19. The van der Waals surface area contributed by atoms with E-state index in [1.54, 1.807) is 0 Å². The summed E-state index contributed by atoms with van der Waals surface area (Å²) in [6.45, 7) is 6.78. The predicted molar refractivity (Wildman–Crippen MR) is 95.7 cm³/mol. The zero-order chi connectivity index (χ0) is 17.1. The van der Waals surface area contributed by atoms with Crippen LogP contribution in [0.1, 0.15) is 24.7 Å². The first-order valence-corrected chi connectivity index (χ1v) is 9.34. The van der Waals surface area contributed by atoms with Crippen LogP contribution in [0.3, 0.4) is 0 Å². The Balaban J connectivity index is 1.34. The summed E-state index contributed by atoms with van der Waals surface area (Å²) in [6.07, 6.45) is 1.90. The topological polar surface area (TPSA) is 62.0 Å². The molecule has 2 aliphatic rings. The largest absolute Gasteiger partial charge is 0.440 e. The number of nitrogens with zero attached hydrogens (tertiary/aromatic N) is 3. The summed E-state index contributed by atoms with van der Waals surface area (Å²) >= 11 is 0. The van der Waals surface area contributed by atoms with Crippen molar-refractivity contribution in [1.29, 1.82) is 0 Å². The van der Waals surface area contributed by atoms with Crippen LogP contribution in [-0.4, -0.2) is 78.5 Å². The highest BCUT2D eigenvalue weighted by Crippen LogP contribution is 2.29. The van der Waals surface area contributed by atoms with Gasteiger partial charge in [0.25, 0.3) is 0 Å². The molecule has 2 unspecified atom stereocenters. The number of piperidine rings is 1. The molecule has 0 amide bonds. The van der Waals surface area contributed by atoms with Crippen LogP contribution in [0.25, 0.3) is 11.1 Å². The number of fused-ring (bicyclic) bond motifs is 1. The molecule has 0 bridgehead atoms. The van der Waals surface area contributed by atoms with Crippen molar-refractivity contribution in [2.75, 3.05) is 52.5 Å². The summed E-state index contributed by atoms with van der Waals surface area (Å²) in [4.78, 5) is 9.31. The Bertz CT molecular complexity index is 650. The van der Waals surface area contributed by atoms with E-state index in [2.05, 4.69) is 14.8 Å². The molecule has 2 saturated heterocycles. The summed E-state index contributed by atoms with van der Waals surface area (Å²) in [5.41, 5.74) is 1.80. The van der Waals surface area contributed by atoms with Crippen molar-refractivity contribution < 1.29 is 14.3 Å². The third-order valence-electron chi connectivity index (χ3n) is 5.21. The average molecular weight is 345 g/mol. The number of oxazole rings is 1. The highest BCUT2D eigenvalue weighted by Gasteiger charge is 2.27. The maximum Gasteiger partial charge on any atom is 0.199 e. The fourth-order valence-electron chi connectivity index (χ4n) is 3.93. The number of rotatable bonds is 5. The number of hydrogen-bond acceptors (Lipinski definition) is 6. The van der Waals surface area contributed by atoms with E-state index >= 15 is 0 Å². The predicted octanol–water partition coefficient (Wildman–Crippen LogP) is 1.70. The Morgan fingerprint density at radius 1 is 1.12 bits per heavy atom. The Morgan fingerprint density at radius 3 is 2.76 bits per heavy atom. The number of aliphatic hydroxyl groups is 1. The summed E-state index contributed by atoms with van der Waals surface area (Å²) in [6, 6.07) is 7.93. The third-order valence-corrected chi connectivity index (χ3v) is 5.21. The molecular weight excluding hydrogens is 318 g/mol. The maximum absolute atomic E-state index is 10.5. The van der Waals surface area contributed by atoms with E-state index in [0.29, 0.717) is 12.5 Å². The first-order valence-electron chi connectivity index (χ1n) is 9.34. The van der Waals surface area contributed by atoms with Crippen molar-refractivity contribution in [2.45, 2.75) is 24.9 Å². The molecule has 25 heavy (non-hydrogen) atoms. The van der Waals surface area contributed by atoms with Gasteiger partial charge in [-0.15, -0.1) is 0 Å². The van der Waals surface area contributed by atoms with Crippen LogP contribution < -0.4 is 0 Å². The fourth-order valence-corrected chi connectivity index (χ4v) is 3.93. The number of morpholine rings is 1. The molecule has 1 N–H and O–H groups in total. The highest BCUT2D eigenvalue weighted by atomic mass is 16.5. The molecule has 0 aliphatic carbocycles. The van der Waals surface area contributed by atoms with Crippen molar-refractivity contribution in [1.82, 2.24) is 14.8 Å². The zero-order valence-electron chi connectivity index (χ0n) is 14.6. The molecule has 2 fully saturated rings. The normalized spacial score (nSPS) is 24.6. The van der Waals surface area contributed by atoms with Gasteiger partial charge < -0.3 is 14.3 Å². The molecule has 6 nitrogen and oxygen atoms in total. The molecule has 0 spiro atoms. The Hall–Kier alpha value is -1.47. The summed E-state index contributed by atoms with van der Waals surface area (Å²) in [7, 11) is 0. The van der Waals surface area contributed by atoms with Crippen molar-refractivity contribution in [3.05, 3.63) is 30.2 Å². The number of likely N-dealkylation sites (tertiary alicyclic amines) is 1. The monoisotopic (exact) mass is 345 g/mol. The maximum atomic E-state index is 10.5. The van der Waals surface area contributed by atoms with E-state index in [9.17, 15) is 5.11 Å². The summed E-state index contributed by atoms with van der Waals surface area (Å²) in [5.74, 6) is 1.16. The molecule has 136 valence electrons. The van der Waals surface area contributed by atoms with Crippen LogP contribution in [0.2, 0.25) is 0 Å². The number of ether oxygens (including phenoxy) is 1. The van der Waals surface area contributed by atoms with Crippen molar-refractivity contribution >= 4 is 11.1 Å². The van der Waals surface area contributed by atoms with Gasteiger partial charge >= 0.3 is 0 Å². The molecule has 6 heteroatoms. The van der Waals surface area contributed by atoms with E-state index in [-0.39, 0.29) is 6.10 Å². The standard InChI is InChI=1S/C19H27N3O3/c23-16(13-21-8-10-24-11-9-21)14-22-7-3-4-15(12-22)19-20-17-5-1-2-6-18(17)25-19/h1-2,5-6,15-16,23H,3-4,7-14H2. The van der Waals surface area contributed by atoms with Crippen LogP contribution in [-0.2, 0) is 4.74 Å². The van der Waals surface area contributed by atoms with E-state index in [4.69, 9.17) is 9.15 Å². The molecule has 0 saturated carbocycles. The van der Waals surface area contributed by atoms with Crippen molar-refractivity contribution in [2.24, 2.45) is 0 Å². The second kappa shape index (κ2) is 7.83. The van der Waals surface area contributed by atoms with Gasteiger partial charge in [-0.3, -0.25) is 9.80 Å². The van der Waals surface area contributed by atoms with E-state index < -0.39 is 0 Å². The molecule has 2 aromatic rings. The Kier molecular flexibility index (Phi) is 5.31. The van der Waals surface area contributed by atoms with Gasteiger partial charge in [-0.05, 0) is 31.5 Å². The van der Waals surface area contributed by atoms with Crippen molar-refractivity contribution in [3.63, 3.8) is 0 Å². The lowest BCUT2D eigenvalue weighted by atomic mass is 9.97. The van der Waals surface area contributed by atoms with Gasteiger partial charge in [0.2, 0.25) is 0 Å². The lowest BCUT2D eigenvalue weighted by Crippen LogP contribution is -2.46. The number of para-hydroxylation sites is 2. The molecule has 2 atom stereocenters. The van der Waals surface area contributed by atoms with Crippen LogP contribution in [0.5, 0.6) is 0 Å². The van der Waals surface area contributed by atoms with E-state index in [1.165, 1.54) is 0 Å². The molecule has 3 heterocycles. The molecule has 1 aromatic carbocycles. The van der Waals surface area contributed by atoms with Crippen LogP contribution in [0.15, 0.2) is 28.7 Å². The number of hydrogen-bond donors (Lipinski definition) is 1. The van der Waals surface area contributed by atoms with Gasteiger partial charge in [0.15, 0.2) is 11.5 Å². The van der Waals surface area contributed by atoms with Gasteiger partial charge in [0.1, 0.15) is 5.52 Å². The van der Waals surface area contributed by atoms with Crippen LogP contribution in [0.4, 0.5) is 0 Å². The van der Waals surface area contributed by atoms with Gasteiger partial charge in [-0.2, -0.15) is 0 Å². The highest BCUT2D eigenvalue weighted by molar-refractivity contribution is 5.72. The first-order chi connectivity index (χ1) is 12.3. The Morgan fingerprint density at radius 2 is 1.92 bits per heavy atom. The Labute approximate surface area is 148 Å². The van der Waals surface area contributed by atoms with Crippen LogP contribution >= 0.6 is 0 Å². The molecule has 1 aromatic heterocycles.